The van der Waals surface area contributed by atoms with Gasteiger partial charge in [-0.05, 0) is 44.3 Å². The van der Waals surface area contributed by atoms with E-state index in [0.29, 0.717) is 6.04 Å². The second kappa shape index (κ2) is 4.80. The van der Waals surface area contributed by atoms with Crippen LogP contribution in [0.4, 0.5) is 0 Å². The van der Waals surface area contributed by atoms with Crippen molar-refractivity contribution in [2.75, 3.05) is 13.6 Å². The van der Waals surface area contributed by atoms with E-state index < -0.39 is 0 Å². The molecule has 1 aliphatic carbocycles. The van der Waals surface area contributed by atoms with Crippen molar-refractivity contribution in [2.24, 2.45) is 5.92 Å². The lowest BCUT2D eigenvalue weighted by molar-refractivity contribution is 0.349. The zero-order valence-corrected chi connectivity index (χ0v) is 9.66. The van der Waals surface area contributed by atoms with Crippen molar-refractivity contribution < 1.29 is 0 Å². The maximum atomic E-state index is 5.28. The molecule has 0 bridgehead atoms. The molecule has 76 valence electrons. The van der Waals surface area contributed by atoms with Crippen molar-refractivity contribution in [3.63, 3.8) is 0 Å². The Morgan fingerprint density at radius 3 is 2.69 bits per heavy atom. The summed E-state index contributed by atoms with van der Waals surface area (Å²) in [5.41, 5.74) is 0. The van der Waals surface area contributed by atoms with E-state index in [1.807, 2.05) is 0 Å². The quantitative estimate of drug-likeness (QED) is 0.699. The molecule has 1 fully saturated rings. The van der Waals surface area contributed by atoms with E-state index in [-0.39, 0.29) is 0 Å². The molecule has 1 atom stereocenters. The van der Waals surface area contributed by atoms with E-state index in [1.165, 1.54) is 12.8 Å². The Labute approximate surface area is 86.7 Å². The lowest BCUT2D eigenvalue weighted by atomic mass is 10.2. The van der Waals surface area contributed by atoms with Crippen LogP contribution in [0, 0.1) is 5.92 Å². The molecule has 0 amide bonds. The minimum atomic E-state index is 0.608. The summed E-state index contributed by atoms with van der Waals surface area (Å²) in [6.45, 7) is 5.40. The fourth-order valence-corrected chi connectivity index (χ4v) is 1.70. The minimum Gasteiger partial charge on any atom is -0.363 e. The monoisotopic (exact) mass is 200 g/mol. The van der Waals surface area contributed by atoms with Gasteiger partial charge in [0.1, 0.15) is 0 Å². The van der Waals surface area contributed by atoms with Gasteiger partial charge in [0.05, 0.1) is 0 Å². The topological polar surface area (TPSA) is 15.3 Å². The number of nitrogens with one attached hydrogen (secondary N) is 1. The molecule has 0 spiro atoms. The fourth-order valence-electron chi connectivity index (χ4n) is 1.44. The van der Waals surface area contributed by atoms with Gasteiger partial charge in [-0.1, -0.05) is 6.92 Å². The normalized spacial score (nSPS) is 18.1. The molecule has 13 heavy (non-hydrogen) atoms. The second-order valence-corrected chi connectivity index (χ2v) is 4.31. The van der Waals surface area contributed by atoms with Crippen LogP contribution >= 0.6 is 12.2 Å². The Kier molecular flexibility index (Phi) is 3.97. The minimum absolute atomic E-state index is 0.608. The lowest BCUT2D eigenvalue weighted by Gasteiger charge is -2.27. The molecule has 0 saturated heterocycles. The zero-order valence-electron chi connectivity index (χ0n) is 8.84. The van der Waals surface area contributed by atoms with Crippen LogP contribution in [0.1, 0.15) is 33.1 Å². The average molecular weight is 200 g/mol. The van der Waals surface area contributed by atoms with Gasteiger partial charge >= 0.3 is 0 Å². The van der Waals surface area contributed by atoms with Gasteiger partial charge in [0.2, 0.25) is 0 Å². The standard InChI is InChI=1S/C10H20N2S/c1-4-7-11-10(13)12(3)8(2)9-5-6-9/h8-9H,4-7H2,1-3H3,(H,11,13). The van der Waals surface area contributed by atoms with Crippen LogP contribution in [0.5, 0.6) is 0 Å². The predicted molar refractivity (Wildman–Crippen MR) is 60.8 cm³/mol. The SMILES string of the molecule is CCCNC(=S)N(C)C(C)C1CC1. The molecule has 1 N–H and O–H groups in total. The van der Waals surface area contributed by atoms with Crippen LogP contribution in [0.3, 0.4) is 0 Å². The summed E-state index contributed by atoms with van der Waals surface area (Å²) in [5.74, 6) is 0.881. The molecule has 3 heteroatoms. The smallest absolute Gasteiger partial charge is 0.168 e. The third-order valence-corrected chi connectivity index (χ3v) is 3.19. The van der Waals surface area contributed by atoms with Crippen LogP contribution in [-0.2, 0) is 0 Å². The van der Waals surface area contributed by atoms with E-state index in [2.05, 4.69) is 31.1 Å². The van der Waals surface area contributed by atoms with E-state index in [0.717, 1.165) is 24.0 Å². The maximum absolute atomic E-state index is 5.28. The van der Waals surface area contributed by atoms with Crippen LogP contribution in [0.25, 0.3) is 0 Å². The van der Waals surface area contributed by atoms with Gasteiger partial charge in [-0.3, -0.25) is 0 Å². The molecule has 0 aliphatic heterocycles. The van der Waals surface area contributed by atoms with Crippen molar-refractivity contribution in [1.82, 2.24) is 10.2 Å². The number of hydrogen-bond acceptors (Lipinski definition) is 1. The van der Waals surface area contributed by atoms with Gasteiger partial charge in [-0.25, -0.2) is 0 Å². The average Bonchev–Trinajstić information content (AvgIpc) is 2.94. The molecular formula is C10H20N2S. The first-order valence-corrected chi connectivity index (χ1v) is 5.58. The van der Waals surface area contributed by atoms with Crippen molar-refractivity contribution in [3.05, 3.63) is 0 Å². The van der Waals surface area contributed by atoms with E-state index in [4.69, 9.17) is 12.2 Å². The summed E-state index contributed by atoms with van der Waals surface area (Å²) < 4.78 is 0. The van der Waals surface area contributed by atoms with Crippen molar-refractivity contribution in [2.45, 2.75) is 39.2 Å². The van der Waals surface area contributed by atoms with E-state index in [1.54, 1.807) is 0 Å². The molecule has 2 nitrogen and oxygen atoms in total. The molecule has 1 unspecified atom stereocenters. The molecule has 0 aromatic carbocycles. The van der Waals surface area contributed by atoms with Gasteiger partial charge in [0.25, 0.3) is 0 Å². The summed E-state index contributed by atoms with van der Waals surface area (Å²) >= 11 is 5.28. The van der Waals surface area contributed by atoms with E-state index in [9.17, 15) is 0 Å². The van der Waals surface area contributed by atoms with Crippen LogP contribution in [-0.4, -0.2) is 29.6 Å². The highest BCUT2D eigenvalue weighted by atomic mass is 32.1. The molecule has 0 radical (unpaired) electrons. The lowest BCUT2D eigenvalue weighted by Crippen LogP contribution is -2.43. The maximum Gasteiger partial charge on any atom is 0.168 e. The summed E-state index contributed by atoms with van der Waals surface area (Å²) in [5, 5.41) is 4.16. The van der Waals surface area contributed by atoms with E-state index >= 15 is 0 Å². The number of rotatable bonds is 4. The van der Waals surface area contributed by atoms with Crippen LogP contribution < -0.4 is 5.32 Å². The Morgan fingerprint density at radius 2 is 2.23 bits per heavy atom. The number of nitrogens with zero attached hydrogens (tertiary/aromatic N) is 1. The Hall–Kier alpha value is -0.310. The van der Waals surface area contributed by atoms with Gasteiger partial charge in [0, 0.05) is 19.6 Å². The molecule has 1 rings (SSSR count). The Morgan fingerprint density at radius 1 is 1.62 bits per heavy atom. The third-order valence-electron chi connectivity index (χ3n) is 2.76. The second-order valence-electron chi connectivity index (χ2n) is 3.92. The first-order chi connectivity index (χ1) is 6.16. The molecule has 0 aromatic heterocycles. The third kappa shape index (κ3) is 3.14. The molecule has 1 saturated carbocycles. The largest absolute Gasteiger partial charge is 0.363 e. The predicted octanol–water partition coefficient (Wildman–Crippen LogP) is 2.00. The van der Waals surface area contributed by atoms with Crippen LogP contribution in [0.15, 0.2) is 0 Å². The zero-order chi connectivity index (χ0) is 9.84. The molecular weight excluding hydrogens is 180 g/mol. The summed E-state index contributed by atoms with van der Waals surface area (Å²) in [7, 11) is 2.09. The Balaban J connectivity index is 2.27. The highest BCUT2D eigenvalue weighted by Gasteiger charge is 2.31. The van der Waals surface area contributed by atoms with Crippen molar-refractivity contribution in [1.29, 1.82) is 0 Å². The Bertz CT molecular complexity index is 178. The summed E-state index contributed by atoms with van der Waals surface area (Å²) in [6.07, 6.45) is 3.88. The highest BCUT2D eigenvalue weighted by molar-refractivity contribution is 7.80. The molecule has 0 aromatic rings. The first-order valence-electron chi connectivity index (χ1n) is 5.17. The summed E-state index contributed by atoms with van der Waals surface area (Å²) in [4.78, 5) is 2.20. The van der Waals surface area contributed by atoms with Gasteiger partial charge in [-0.15, -0.1) is 0 Å². The van der Waals surface area contributed by atoms with Gasteiger partial charge in [0.15, 0.2) is 5.11 Å². The van der Waals surface area contributed by atoms with Crippen molar-refractivity contribution in [3.8, 4) is 0 Å². The highest BCUT2D eigenvalue weighted by Crippen LogP contribution is 2.34. The molecule has 0 heterocycles. The van der Waals surface area contributed by atoms with Crippen LogP contribution in [0.2, 0.25) is 0 Å². The van der Waals surface area contributed by atoms with Crippen molar-refractivity contribution >= 4 is 17.3 Å². The van der Waals surface area contributed by atoms with Gasteiger partial charge in [-0.2, -0.15) is 0 Å². The first kappa shape index (κ1) is 10.8. The number of hydrogen-bond donors (Lipinski definition) is 1. The van der Waals surface area contributed by atoms with Gasteiger partial charge < -0.3 is 10.2 Å². The summed E-state index contributed by atoms with van der Waals surface area (Å²) in [6, 6.07) is 0.608. The fraction of sp³-hybridized carbons (Fsp3) is 0.900. The molecule has 1 aliphatic rings. The number of thiocarbonyl (C=S) groups is 1.